The van der Waals surface area contributed by atoms with Crippen LogP contribution in [0, 0.1) is 11.3 Å². The summed E-state index contributed by atoms with van der Waals surface area (Å²) in [5.41, 5.74) is 1.10. The molecule has 1 aromatic heterocycles. The first-order chi connectivity index (χ1) is 10.1. The van der Waals surface area contributed by atoms with Gasteiger partial charge in [0.2, 0.25) is 0 Å². The Balaban J connectivity index is 1.76. The van der Waals surface area contributed by atoms with Crippen LogP contribution < -0.4 is 0 Å². The van der Waals surface area contributed by atoms with Gasteiger partial charge < -0.3 is 14.2 Å². The first-order valence-electron chi connectivity index (χ1n) is 7.27. The van der Waals surface area contributed by atoms with Crippen molar-refractivity contribution in [1.29, 1.82) is 5.26 Å². The number of morpholine rings is 1. The van der Waals surface area contributed by atoms with Gasteiger partial charge in [-0.2, -0.15) is 5.26 Å². The number of ether oxygens (including phenoxy) is 1. The van der Waals surface area contributed by atoms with Gasteiger partial charge in [0.1, 0.15) is 11.8 Å². The lowest BCUT2D eigenvalue weighted by molar-refractivity contribution is -0.0894. The van der Waals surface area contributed by atoms with E-state index in [9.17, 15) is 4.79 Å². The van der Waals surface area contributed by atoms with Crippen molar-refractivity contribution in [2.45, 2.75) is 18.6 Å². The monoisotopic (exact) mass is 288 g/mol. The van der Waals surface area contributed by atoms with Crippen LogP contribution >= 0.6 is 0 Å². The quantitative estimate of drug-likeness (QED) is 0.752. The van der Waals surface area contributed by atoms with E-state index < -0.39 is 0 Å². The zero-order chi connectivity index (χ0) is 15.0. The molecule has 0 bridgehead atoms. The van der Waals surface area contributed by atoms with Gasteiger partial charge in [-0.25, -0.2) is 0 Å². The normalized spacial score (nSPS) is 26.2. The number of aromatic nitrogens is 1. The number of aryl methyl sites for hydroxylation is 1. The maximum atomic E-state index is 12.7. The van der Waals surface area contributed by atoms with Crippen LogP contribution in [0.1, 0.15) is 22.5 Å². The number of likely N-dealkylation sites (N-methyl/N-ethyl adjacent to an activating group) is 1. The molecule has 0 N–H and O–H groups in total. The molecule has 0 spiro atoms. The molecule has 1 aromatic rings. The Morgan fingerprint density at radius 3 is 2.95 bits per heavy atom. The number of amides is 1. The number of carbonyl (C=O) groups is 1. The second kappa shape index (κ2) is 5.51. The first kappa shape index (κ1) is 14.1. The van der Waals surface area contributed by atoms with Crippen molar-refractivity contribution in [1.82, 2.24) is 14.4 Å². The highest BCUT2D eigenvalue weighted by Gasteiger charge is 2.37. The molecule has 2 fully saturated rings. The summed E-state index contributed by atoms with van der Waals surface area (Å²) >= 11 is 0. The summed E-state index contributed by atoms with van der Waals surface area (Å²) in [4.78, 5) is 16.8. The molecule has 6 heteroatoms. The zero-order valence-electron chi connectivity index (χ0n) is 12.5. The molecule has 0 aliphatic carbocycles. The molecule has 3 heterocycles. The fourth-order valence-corrected chi connectivity index (χ4v) is 3.23. The standard InChI is InChI=1S/C15H20N4O2/c1-17-5-6-21-14-3-4-19(10-13(14)17)15(20)12-7-11(8-16)9-18(12)2/h7,9,13-14H,3-6,10H2,1-2H3/t13-,14+/m1/s1. The number of likely N-dealkylation sites (tertiary alicyclic amines) is 1. The van der Waals surface area contributed by atoms with E-state index in [2.05, 4.69) is 18.0 Å². The molecule has 112 valence electrons. The summed E-state index contributed by atoms with van der Waals surface area (Å²) in [6.07, 6.45) is 2.79. The number of fused-ring (bicyclic) bond motifs is 1. The fraction of sp³-hybridized carbons (Fsp3) is 0.600. The number of hydrogen-bond donors (Lipinski definition) is 0. The third kappa shape index (κ3) is 2.55. The molecule has 21 heavy (non-hydrogen) atoms. The maximum Gasteiger partial charge on any atom is 0.270 e. The molecule has 0 aromatic carbocycles. The van der Waals surface area contributed by atoms with Gasteiger partial charge in [0.25, 0.3) is 5.91 Å². The van der Waals surface area contributed by atoms with E-state index in [1.165, 1.54) is 0 Å². The lowest BCUT2D eigenvalue weighted by Gasteiger charge is -2.45. The minimum atomic E-state index is -0.00331. The minimum Gasteiger partial charge on any atom is -0.375 e. The van der Waals surface area contributed by atoms with Gasteiger partial charge in [0, 0.05) is 32.9 Å². The number of rotatable bonds is 1. The first-order valence-corrected chi connectivity index (χ1v) is 7.27. The molecule has 0 saturated carbocycles. The van der Waals surface area contributed by atoms with Crippen LogP contribution in [0.3, 0.4) is 0 Å². The predicted octanol–water partition coefficient (Wildman–Crippen LogP) is 0.442. The molecule has 1 amide bonds. The van der Waals surface area contributed by atoms with Crippen molar-refractivity contribution in [3.8, 4) is 6.07 Å². The largest absolute Gasteiger partial charge is 0.375 e. The van der Waals surface area contributed by atoms with E-state index in [0.717, 1.165) is 19.6 Å². The molecule has 2 aliphatic rings. The smallest absolute Gasteiger partial charge is 0.270 e. The summed E-state index contributed by atoms with van der Waals surface area (Å²) in [5, 5.41) is 8.95. The summed E-state index contributed by atoms with van der Waals surface area (Å²) in [5.74, 6) is -0.00331. The van der Waals surface area contributed by atoms with E-state index in [1.54, 1.807) is 23.9 Å². The minimum absolute atomic E-state index is 0.00331. The second-order valence-electron chi connectivity index (χ2n) is 5.83. The average molecular weight is 288 g/mol. The highest BCUT2D eigenvalue weighted by molar-refractivity contribution is 5.93. The fourth-order valence-electron chi connectivity index (χ4n) is 3.23. The third-order valence-corrected chi connectivity index (χ3v) is 4.50. The highest BCUT2D eigenvalue weighted by Crippen LogP contribution is 2.23. The molecular formula is C15H20N4O2. The Bertz CT molecular complexity index is 589. The Labute approximate surface area is 124 Å². The number of hydrogen-bond acceptors (Lipinski definition) is 4. The van der Waals surface area contributed by atoms with Crippen molar-refractivity contribution in [2.24, 2.45) is 7.05 Å². The summed E-state index contributed by atoms with van der Waals surface area (Å²) in [6, 6.07) is 4.01. The van der Waals surface area contributed by atoms with Crippen molar-refractivity contribution in [3.05, 3.63) is 23.5 Å². The van der Waals surface area contributed by atoms with Crippen LogP contribution in [0.5, 0.6) is 0 Å². The summed E-state index contributed by atoms with van der Waals surface area (Å²) < 4.78 is 7.53. The molecule has 2 atom stereocenters. The Morgan fingerprint density at radius 2 is 2.24 bits per heavy atom. The maximum absolute atomic E-state index is 12.7. The van der Waals surface area contributed by atoms with Crippen LogP contribution in [0.2, 0.25) is 0 Å². The van der Waals surface area contributed by atoms with Crippen LogP contribution in [0.4, 0.5) is 0 Å². The predicted molar refractivity (Wildman–Crippen MR) is 76.8 cm³/mol. The topological polar surface area (TPSA) is 61.5 Å². The lowest BCUT2D eigenvalue weighted by atomic mass is 9.99. The van der Waals surface area contributed by atoms with E-state index in [4.69, 9.17) is 10.00 Å². The van der Waals surface area contributed by atoms with E-state index in [0.29, 0.717) is 24.3 Å². The lowest BCUT2D eigenvalue weighted by Crippen LogP contribution is -2.59. The molecular weight excluding hydrogens is 268 g/mol. The van der Waals surface area contributed by atoms with E-state index in [1.807, 2.05) is 4.90 Å². The van der Waals surface area contributed by atoms with Crippen LogP contribution in [-0.2, 0) is 11.8 Å². The second-order valence-corrected chi connectivity index (χ2v) is 5.83. The van der Waals surface area contributed by atoms with Crippen molar-refractivity contribution in [3.63, 3.8) is 0 Å². The molecule has 0 unspecified atom stereocenters. The Kier molecular flexibility index (Phi) is 3.70. The highest BCUT2D eigenvalue weighted by atomic mass is 16.5. The van der Waals surface area contributed by atoms with E-state index >= 15 is 0 Å². The molecule has 2 aliphatic heterocycles. The van der Waals surface area contributed by atoms with Gasteiger partial charge in [0.05, 0.1) is 24.3 Å². The third-order valence-electron chi connectivity index (χ3n) is 4.50. The van der Waals surface area contributed by atoms with Crippen LogP contribution in [0.25, 0.3) is 0 Å². The molecule has 3 rings (SSSR count). The molecule has 6 nitrogen and oxygen atoms in total. The zero-order valence-corrected chi connectivity index (χ0v) is 12.5. The summed E-state index contributed by atoms with van der Waals surface area (Å²) in [7, 11) is 3.89. The number of piperidine rings is 1. The van der Waals surface area contributed by atoms with Gasteiger partial charge in [-0.05, 0) is 19.5 Å². The van der Waals surface area contributed by atoms with Crippen LogP contribution in [-0.4, -0.2) is 65.7 Å². The van der Waals surface area contributed by atoms with Gasteiger partial charge in [-0.1, -0.05) is 0 Å². The number of nitriles is 1. The Hall–Kier alpha value is -1.84. The van der Waals surface area contributed by atoms with Gasteiger partial charge >= 0.3 is 0 Å². The molecule has 2 saturated heterocycles. The van der Waals surface area contributed by atoms with Gasteiger partial charge in [0.15, 0.2) is 0 Å². The average Bonchev–Trinajstić information content (AvgIpc) is 2.88. The van der Waals surface area contributed by atoms with Crippen LogP contribution in [0.15, 0.2) is 12.3 Å². The van der Waals surface area contributed by atoms with Crippen molar-refractivity contribution >= 4 is 5.91 Å². The Morgan fingerprint density at radius 1 is 1.43 bits per heavy atom. The van der Waals surface area contributed by atoms with Gasteiger partial charge in [-0.3, -0.25) is 9.69 Å². The molecule has 0 radical (unpaired) electrons. The number of nitrogens with zero attached hydrogens (tertiary/aromatic N) is 4. The SMILES string of the molecule is CN1CCO[C@H]2CCN(C(=O)c3cc(C#N)cn3C)C[C@H]21. The van der Waals surface area contributed by atoms with Crippen molar-refractivity contribution < 1.29 is 9.53 Å². The summed E-state index contributed by atoms with van der Waals surface area (Å²) in [6.45, 7) is 3.08. The van der Waals surface area contributed by atoms with Gasteiger partial charge in [-0.15, -0.1) is 0 Å². The van der Waals surface area contributed by atoms with Crippen molar-refractivity contribution in [2.75, 3.05) is 33.3 Å². The van der Waals surface area contributed by atoms with E-state index in [-0.39, 0.29) is 18.1 Å². The number of carbonyl (C=O) groups excluding carboxylic acids is 1.